The van der Waals surface area contributed by atoms with Crippen molar-refractivity contribution in [3.8, 4) is 40.1 Å². The van der Waals surface area contributed by atoms with Crippen LogP contribution in [0.25, 0.3) is 34.4 Å². The molecule has 1 fully saturated rings. The van der Waals surface area contributed by atoms with Gasteiger partial charge in [0.05, 0.1) is 0 Å². The van der Waals surface area contributed by atoms with Gasteiger partial charge in [0.2, 0.25) is 12.4 Å². The zero-order valence-electron chi connectivity index (χ0n) is 38.7. The maximum absolute atomic E-state index is 13.6. The van der Waals surface area contributed by atoms with E-state index in [4.69, 9.17) is 51.8 Å². The number of carbonyl (C=O) groups is 8. The van der Waals surface area contributed by atoms with E-state index >= 15 is 0 Å². The molecule has 0 saturated carbocycles. The Bertz CT molecular complexity index is 2950. The first-order valence-electron chi connectivity index (χ1n) is 21.4. The second kappa shape index (κ2) is 23.4. The van der Waals surface area contributed by atoms with Crippen molar-refractivity contribution in [2.75, 3.05) is 6.61 Å². The van der Waals surface area contributed by atoms with Crippen LogP contribution in [-0.2, 0) is 62.0 Å². The normalized spacial score (nSPS) is 17.4. The van der Waals surface area contributed by atoms with Crippen LogP contribution in [-0.4, -0.2) is 85.1 Å². The highest BCUT2D eigenvalue weighted by Crippen LogP contribution is 2.36. The zero-order valence-corrected chi connectivity index (χ0v) is 38.7. The lowest BCUT2D eigenvalue weighted by Gasteiger charge is -2.43. The van der Waals surface area contributed by atoms with E-state index in [2.05, 4.69) is 0 Å². The van der Waals surface area contributed by atoms with Crippen LogP contribution in [0.3, 0.4) is 0 Å². The molecule has 6 rings (SSSR count). The van der Waals surface area contributed by atoms with Crippen molar-refractivity contribution >= 4 is 70.9 Å². The number of benzene rings is 4. The van der Waals surface area contributed by atoms with Crippen LogP contribution in [0.1, 0.15) is 52.7 Å². The predicted octanol–water partition coefficient (Wildman–Crippen LogP) is 6.01. The zero-order chi connectivity index (χ0) is 51.4. The Kier molecular flexibility index (Phi) is 17.0. The summed E-state index contributed by atoms with van der Waals surface area (Å²) in [7, 11) is 0. The highest BCUT2D eigenvalue weighted by molar-refractivity contribution is 5.90. The molecule has 0 N–H and O–H groups in total. The molecule has 5 atom stereocenters. The molecule has 20 heteroatoms. The molecule has 0 amide bonds. The number of fused-ring (bicyclic) bond motifs is 1. The summed E-state index contributed by atoms with van der Waals surface area (Å²) in [4.78, 5) is 112. The molecule has 2 heterocycles. The van der Waals surface area contributed by atoms with Crippen LogP contribution < -0.4 is 29.1 Å². The number of ether oxygens (including phenoxy) is 10. The lowest BCUT2D eigenvalue weighted by Crippen LogP contribution is -2.63. The van der Waals surface area contributed by atoms with E-state index in [1.54, 1.807) is 24.3 Å². The van der Waals surface area contributed by atoms with E-state index < -0.39 is 90.5 Å². The van der Waals surface area contributed by atoms with Crippen LogP contribution in [0.2, 0.25) is 0 Å². The van der Waals surface area contributed by atoms with Crippen LogP contribution in [0.15, 0.2) is 112 Å². The fraction of sp³-hybridized carbons (Fsp3) is 0.235. The highest BCUT2D eigenvalue weighted by atomic mass is 16.7. The molecule has 1 saturated heterocycles. The first-order chi connectivity index (χ1) is 33.8. The molecule has 0 unspecified atom stereocenters. The van der Waals surface area contributed by atoms with Gasteiger partial charge in [0.1, 0.15) is 58.2 Å². The molecule has 0 aliphatic carbocycles. The fourth-order valence-electron chi connectivity index (χ4n) is 6.89. The molecule has 5 aromatic rings. The summed E-state index contributed by atoms with van der Waals surface area (Å²) in [5.41, 5.74) is 0.569. The molecule has 71 heavy (non-hydrogen) atoms. The Hall–Kier alpha value is -8.91. The van der Waals surface area contributed by atoms with Crippen LogP contribution in [0, 0.1) is 0 Å². The van der Waals surface area contributed by atoms with E-state index in [-0.39, 0.29) is 45.5 Å². The molecule has 0 radical (unpaired) electrons. The molecule has 368 valence electrons. The first kappa shape index (κ1) is 51.5. The van der Waals surface area contributed by atoms with Gasteiger partial charge >= 0.3 is 47.8 Å². The van der Waals surface area contributed by atoms with Gasteiger partial charge in [-0.1, -0.05) is 24.3 Å². The molecule has 1 aromatic heterocycles. The first-order valence-corrected chi connectivity index (χ1v) is 21.4. The minimum Gasteiger partial charge on any atom is -0.460 e. The maximum atomic E-state index is 13.6. The van der Waals surface area contributed by atoms with Crippen molar-refractivity contribution in [2.24, 2.45) is 0 Å². The molecule has 4 aromatic carbocycles. The van der Waals surface area contributed by atoms with E-state index in [0.29, 0.717) is 16.7 Å². The van der Waals surface area contributed by atoms with Crippen molar-refractivity contribution in [3.63, 3.8) is 0 Å². The third-order valence-corrected chi connectivity index (χ3v) is 9.62. The van der Waals surface area contributed by atoms with Gasteiger partial charge < -0.3 is 51.8 Å². The maximum Gasteiger partial charge on any atom is 0.331 e. The lowest BCUT2D eigenvalue weighted by molar-refractivity contribution is -0.288. The quantitative estimate of drug-likeness (QED) is 0.0474. The van der Waals surface area contributed by atoms with Crippen molar-refractivity contribution in [2.45, 2.75) is 72.2 Å². The number of carbonyl (C=O) groups excluding carboxylic acids is 8. The smallest absolute Gasteiger partial charge is 0.331 e. The number of rotatable bonds is 16. The number of hydrogen-bond donors (Lipinski definition) is 0. The van der Waals surface area contributed by atoms with E-state index in [0.717, 1.165) is 45.1 Å². The molecule has 0 bridgehead atoms. The fourth-order valence-corrected chi connectivity index (χ4v) is 6.89. The summed E-state index contributed by atoms with van der Waals surface area (Å²) >= 11 is 0. The van der Waals surface area contributed by atoms with Crippen molar-refractivity contribution < 1.29 is 90.1 Å². The molecular weight excluding hydrogens is 933 g/mol. The molecule has 0 spiro atoms. The lowest BCUT2D eigenvalue weighted by atomic mass is 9.98. The predicted molar refractivity (Wildman–Crippen MR) is 245 cm³/mol. The summed E-state index contributed by atoms with van der Waals surface area (Å²) in [5.74, 6) is -6.00. The highest BCUT2D eigenvalue weighted by Gasteiger charge is 2.53. The molecule has 1 aliphatic heterocycles. The van der Waals surface area contributed by atoms with Gasteiger partial charge in [0.15, 0.2) is 17.6 Å². The summed E-state index contributed by atoms with van der Waals surface area (Å²) < 4.78 is 61.9. The molecule has 1 aliphatic rings. The third kappa shape index (κ3) is 14.8. The van der Waals surface area contributed by atoms with Crippen molar-refractivity contribution in [3.05, 3.63) is 124 Å². The largest absolute Gasteiger partial charge is 0.460 e. The Morgan fingerprint density at radius 2 is 1.01 bits per heavy atom. The van der Waals surface area contributed by atoms with E-state index in [9.17, 15) is 43.2 Å². The van der Waals surface area contributed by atoms with Gasteiger partial charge in [-0.3, -0.25) is 33.6 Å². The monoisotopic (exact) mass is 976 g/mol. The van der Waals surface area contributed by atoms with Gasteiger partial charge in [-0.2, -0.15) is 0 Å². The van der Waals surface area contributed by atoms with E-state index in [1.165, 1.54) is 87.5 Å². The van der Waals surface area contributed by atoms with Gasteiger partial charge in [-0.15, -0.1) is 0 Å². The Morgan fingerprint density at radius 3 is 1.52 bits per heavy atom. The van der Waals surface area contributed by atoms with Crippen LogP contribution in [0.5, 0.6) is 28.7 Å². The van der Waals surface area contributed by atoms with Gasteiger partial charge in [-0.25, -0.2) is 9.59 Å². The Morgan fingerprint density at radius 1 is 0.521 bits per heavy atom. The number of esters is 8. The summed E-state index contributed by atoms with van der Waals surface area (Å²) in [6.07, 6.45) is -3.64. The summed E-state index contributed by atoms with van der Waals surface area (Å²) in [6, 6.07) is 21.8. The van der Waals surface area contributed by atoms with Gasteiger partial charge in [0.25, 0.3) is 0 Å². The summed E-state index contributed by atoms with van der Waals surface area (Å²) in [5, 5.41) is -0.176. The average Bonchev–Trinajstić information content (AvgIpc) is 3.29. The minimum absolute atomic E-state index is 0.0390. The molecule has 20 nitrogen and oxygen atoms in total. The van der Waals surface area contributed by atoms with Crippen LogP contribution in [0.4, 0.5) is 0 Å². The third-order valence-electron chi connectivity index (χ3n) is 9.62. The Labute approximate surface area is 403 Å². The van der Waals surface area contributed by atoms with Gasteiger partial charge in [0, 0.05) is 77.5 Å². The second-order valence-electron chi connectivity index (χ2n) is 15.3. The van der Waals surface area contributed by atoms with Crippen molar-refractivity contribution in [1.29, 1.82) is 0 Å². The van der Waals surface area contributed by atoms with Crippen molar-refractivity contribution in [1.82, 2.24) is 0 Å². The minimum atomic E-state index is -1.80. The summed E-state index contributed by atoms with van der Waals surface area (Å²) in [6.45, 7) is 6.17. The SMILES string of the molecule is CC(=O)Oc1ccc(/C=C/C(=O)OC[C@H]2O[C@@H](Oc3cc(OC(C)=O)c4c(=O)cc(-c5ccc(OC(C)=O)cc5)oc4c3)[C@H](OC(C)=O)[C@@H](OC(C)=O)[C@@H]2OC(=O)/C=C/c2ccc(OC(C)=O)cc2)cc1. The molecular formula is C51H44O20. The van der Waals surface area contributed by atoms with Crippen LogP contribution >= 0.6 is 0 Å². The number of hydrogen-bond acceptors (Lipinski definition) is 20. The average molecular weight is 977 g/mol. The topological polar surface area (TPSA) is 259 Å². The van der Waals surface area contributed by atoms with Gasteiger partial charge in [-0.05, 0) is 71.8 Å². The van der Waals surface area contributed by atoms with E-state index in [1.807, 2.05) is 0 Å². The Balaban J connectivity index is 1.36. The second-order valence-corrected chi connectivity index (χ2v) is 15.3. The standard InChI is InChI=1S/C51H44O20/c1-27(52)62-36-15-7-33(8-16-36)11-21-45(59)61-26-44-48(71-46(60)22-12-34-9-17-37(18-10-34)63-28(2)53)49(66-31(5)56)50(67-32(6)57)51(70-44)68-39-23-42(65-30(4)55)47-40(58)25-41(69-43(47)24-39)35-13-19-38(20-14-35)64-29(3)54/h7-25,44,48-51H,26H2,1-6H3/b21-11+,22-12+/t44-,48-,49+,50-,51-/m1/s1.